The number of hydrogen-bond acceptors (Lipinski definition) is 1. The van der Waals surface area contributed by atoms with Gasteiger partial charge in [-0.3, -0.25) is 0 Å². The molecule has 2 heteroatoms. The first-order valence-electron chi connectivity index (χ1n) is 6.94. The molecule has 20 heavy (non-hydrogen) atoms. The van der Waals surface area contributed by atoms with Crippen LogP contribution in [0.5, 0.6) is 0 Å². The molecule has 2 aromatic carbocycles. The Balaban J connectivity index is 2.27. The van der Waals surface area contributed by atoms with Gasteiger partial charge in [-0.15, -0.1) is 5.54 Å². The molecule has 1 atom stereocenters. The van der Waals surface area contributed by atoms with Crippen molar-refractivity contribution in [2.24, 2.45) is 0 Å². The highest BCUT2D eigenvalue weighted by Gasteiger charge is 2.11. The molecule has 2 aromatic rings. The van der Waals surface area contributed by atoms with Gasteiger partial charge in [-0.25, -0.2) is 0 Å². The maximum absolute atomic E-state index is 3.52. The summed E-state index contributed by atoms with van der Waals surface area (Å²) in [5, 5.41) is 3.52. The van der Waals surface area contributed by atoms with Crippen molar-refractivity contribution in [3.05, 3.63) is 66.2 Å². The van der Waals surface area contributed by atoms with Crippen LogP contribution in [0, 0.1) is 11.5 Å². The summed E-state index contributed by atoms with van der Waals surface area (Å²) in [6, 6.07) is 20.7. The molecule has 0 bridgehead atoms. The summed E-state index contributed by atoms with van der Waals surface area (Å²) in [7, 11) is -1.37. The molecule has 0 saturated carbocycles. The van der Waals surface area contributed by atoms with Crippen LogP contribution in [0.4, 0.5) is 5.69 Å². The second-order valence-corrected chi connectivity index (χ2v) is 10.6. The molecular formula is C18H21NSi. The largest absolute Gasteiger partial charge is 0.368 e. The van der Waals surface area contributed by atoms with Crippen molar-refractivity contribution in [2.45, 2.75) is 25.7 Å². The third kappa shape index (κ3) is 4.60. The summed E-state index contributed by atoms with van der Waals surface area (Å²) in [5.74, 6) is 3.43. The molecular weight excluding hydrogens is 258 g/mol. The van der Waals surface area contributed by atoms with E-state index in [0.717, 1.165) is 5.69 Å². The van der Waals surface area contributed by atoms with Gasteiger partial charge in [0.15, 0.2) is 0 Å². The fraction of sp³-hybridized carbons (Fsp3) is 0.222. The molecule has 0 saturated heterocycles. The molecule has 0 aliphatic rings. The fourth-order valence-electron chi connectivity index (χ4n) is 1.84. The minimum absolute atomic E-state index is 0.0466. The molecule has 1 N–H and O–H groups in total. The Labute approximate surface area is 123 Å². The van der Waals surface area contributed by atoms with Crippen LogP contribution in [0.2, 0.25) is 19.6 Å². The van der Waals surface area contributed by atoms with E-state index in [1.165, 1.54) is 5.56 Å². The molecule has 0 unspecified atom stereocenters. The molecule has 0 radical (unpaired) electrons. The van der Waals surface area contributed by atoms with Crippen LogP contribution >= 0.6 is 0 Å². The van der Waals surface area contributed by atoms with Gasteiger partial charge in [0.2, 0.25) is 0 Å². The molecule has 0 aliphatic heterocycles. The van der Waals surface area contributed by atoms with E-state index in [1.54, 1.807) is 0 Å². The van der Waals surface area contributed by atoms with Gasteiger partial charge < -0.3 is 5.32 Å². The Morgan fingerprint density at radius 3 is 1.95 bits per heavy atom. The fourth-order valence-corrected chi connectivity index (χ4v) is 2.42. The summed E-state index contributed by atoms with van der Waals surface area (Å²) in [4.78, 5) is 0. The number of nitrogens with one attached hydrogen (secondary N) is 1. The van der Waals surface area contributed by atoms with Crippen LogP contribution in [-0.4, -0.2) is 8.07 Å². The van der Waals surface area contributed by atoms with E-state index >= 15 is 0 Å². The van der Waals surface area contributed by atoms with Crippen molar-refractivity contribution in [3.8, 4) is 11.5 Å². The highest BCUT2D eigenvalue weighted by Crippen LogP contribution is 2.19. The van der Waals surface area contributed by atoms with Gasteiger partial charge in [-0.2, -0.15) is 0 Å². The van der Waals surface area contributed by atoms with Crippen molar-refractivity contribution < 1.29 is 0 Å². The van der Waals surface area contributed by atoms with Gasteiger partial charge in [0, 0.05) is 5.69 Å². The molecule has 1 nitrogen and oxygen atoms in total. The van der Waals surface area contributed by atoms with Gasteiger partial charge in [-0.05, 0) is 17.7 Å². The second kappa shape index (κ2) is 6.45. The lowest BCUT2D eigenvalue weighted by molar-refractivity contribution is 1.02. The summed E-state index contributed by atoms with van der Waals surface area (Å²) in [6.45, 7) is 6.81. The van der Waals surface area contributed by atoms with Gasteiger partial charge in [0.25, 0.3) is 0 Å². The van der Waals surface area contributed by atoms with Crippen LogP contribution in [0.15, 0.2) is 60.7 Å². The zero-order valence-electron chi connectivity index (χ0n) is 12.4. The standard InChI is InChI=1S/C18H21NSi/c1-20(2,3)15-14-18(16-10-6-4-7-11-16)19-17-12-8-5-9-13-17/h4-13,18-19H,1-3H3/t18-/m1/s1. The van der Waals surface area contributed by atoms with Crippen molar-refractivity contribution in [1.29, 1.82) is 0 Å². The maximum atomic E-state index is 3.52. The van der Waals surface area contributed by atoms with E-state index in [2.05, 4.69) is 72.8 Å². The first-order valence-corrected chi connectivity index (χ1v) is 10.4. The van der Waals surface area contributed by atoms with E-state index < -0.39 is 8.07 Å². The van der Waals surface area contributed by atoms with Crippen LogP contribution in [0.1, 0.15) is 11.6 Å². The van der Waals surface area contributed by atoms with E-state index in [1.807, 2.05) is 24.3 Å². The Morgan fingerprint density at radius 2 is 1.40 bits per heavy atom. The first-order chi connectivity index (χ1) is 9.54. The van der Waals surface area contributed by atoms with Crippen LogP contribution < -0.4 is 5.32 Å². The van der Waals surface area contributed by atoms with E-state index in [0.29, 0.717) is 0 Å². The number of para-hydroxylation sites is 1. The molecule has 0 amide bonds. The molecule has 2 rings (SSSR count). The van der Waals surface area contributed by atoms with E-state index in [-0.39, 0.29) is 6.04 Å². The average molecular weight is 279 g/mol. The summed E-state index contributed by atoms with van der Waals surface area (Å²) >= 11 is 0. The Kier molecular flexibility index (Phi) is 4.65. The zero-order valence-corrected chi connectivity index (χ0v) is 13.4. The van der Waals surface area contributed by atoms with E-state index in [9.17, 15) is 0 Å². The number of benzene rings is 2. The molecule has 0 heterocycles. The lowest BCUT2D eigenvalue weighted by atomic mass is 10.1. The highest BCUT2D eigenvalue weighted by atomic mass is 28.3. The lowest BCUT2D eigenvalue weighted by Crippen LogP contribution is -2.18. The average Bonchev–Trinajstić information content (AvgIpc) is 2.44. The Bertz CT molecular complexity index is 588. The van der Waals surface area contributed by atoms with Gasteiger partial charge in [-0.1, -0.05) is 74.1 Å². The maximum Gasteiger partial charge on any atom is 0.129 e. The predicted molar refractivity (Wildman–Crippen MR) is 90.4 cm³/mol. The predicted octanol–water partition coefficient (Wildman–Crippen LogP) is 4.72. The topological polar surface area (TPSA) is 12.0 Å². The van der Waals surface area contributed by atoms with Crippen molar-refractivity contribution in [1.82, 2.24) is 0 Å². The summed E-state index contributed by atoms with van der Waals surface area (Å²) < 4.78 is 0. The third-order valence-electron chi connectivity index (χ3n) is 2.81. The van der Waals surface area contributed by atoms with Gasteiger partial charge >= 0.3 is 0 Å². The molecule has 0 fully saturated rings. The summed E-state index contributed by atoms with van der Waals surface area (Å²) in [6.07, 6.45) is 0. The van der Waals surface area contributed by atoms with Gasteiger partial charge in [0.1, 0.15) is 14.1 Å². The van der Waals surface area contributed by atoms with Crippen molar-refractivity contribution >= 4 is 13.8 Å². The van der Waals surface area contributed by atoms with E-state index in [4.69, 9.17) is 0 Å². The minimum Gasteiger partial charge on any atom is -0.368 e. The third-order valence-corrected chi connectivity index (χ3v) is 3.70. The lowest BCUT2D eigenvalue weighted by Gasteiger charge is -2.16. The van der Waals surface area contributed by atoms with Crippen LogP contribution in [0.25, 0.3) is 0 Å². The molecule has 0 spiro atoms. The monoisotopic (exact) mass is 279 g/mol. The normalized spacial score (nSPS) is 12.2. The molecule has 0 aromatic heterocycles. The minimum atomic E-state index is -1.37. The Hall–Kier alpha value is -1.98. The number of anilines is 1. The van der Waals surface area contributed by atoms with Crippen LogP contribution in [-0.2, 0) is 0 Å². The Morgan fingerprint density at radius 1 is 0.850 bits per heavy atom. The SMILES string of the molecule is C[Si](C)(C)C#C[C@@H](Nc1ccccc1)c1ccccc1. The zero-order chi connectivity index (χ0) is 14.4. The first kappa shape index (κ1) is 14.4. The number of rotatable bonds is 3. The smallest absolute Gasteiger partial charge is 0.129 e. The summed E-state index contributed by atoms with van der Waals surface area (Å²) in [5.41, 5.74) is 5.78. The van der Waals surface area contributed by atoms with Gasteiger partial charge in [0.05, 0.1) is 0 Å². The second-order valence-electron chi connectivity index (χ2n) is 5.87. The molecule has 102 valence electrons. The van der Waals surface area contributed by atoms with Crippen molar-refractivity contribution in [2.75, 3.05) is 5.32 Å². The van der Waals surface area contributed by atoms with Crippen molar-refractivity contribution in [3.63, 3.8) is 0 Å². The quantitative estimate of drug-likeness (QED) is 0.633. The highest BCUT2D eigenvalue weighted by molar-refractivity contribution is 6.83. The van der Waals surface area contributed by atoms with Crippen LogP contribution in [0.3, 0.4) is 0 Å². The molecule has 0 aliphatic carbocycles. The number of hydrogen-bond donors (Lipinski definition) is 1.